The molecule has 2 aromatic heterocycles. The SMILES string of the molecule is CCOC(=O)c1oc2ccncc2c1Nc1ccc(O[Si](C(C)C)(C(C)C)C(C)C)cc1F. The second-order valence-electron chi connectivity index (χ2n) is 9.08. The van der Waals surface area contributed by atoms with Crippen LogP contribution in [0.1, 0.15) is 59.0 Å². The zero-order valence-corrected chi connectivity index (χ0v) is 21.4. The second kappa shape index (κ2) is 9.95. The fourth-order valence-electron chi connectivity index (χ4n) is 4.76. The van der Waals surface area contributed by atoms with Crippen LogP contribution >= 0.6 is 0 Å². The fraction of sp³-hybridized carbons (Fsp3) is 0.440. The number of esters is 1. The molecule has 0 saturated heterocycles. The van der Waals surface area contributed by atoms with Crippen LogP contribution in [0.2, 0.25) is 16.6 Å². The third-order valence-corrected chi connectivity index (χ3v) is 12.2. The molecule has 0 bridgehead atoms. The van der Waals surface area contributed by atoms with Crippen molar-refractivity contribution < 1.29 is 22.8 Å². The van der Waals surface area contributed by atoms with E-state index in [-0.39, 0.29) is 18.1 Å². The van der Waals surface area contributed by atoms with Gasteiger partial charge in [0.1, 0.15) is 22.8 Å². The van der Waals surface area contributed by atoms with Gasteiger partial charge in [-0.15, -0.1) is 0 Å². The van der Waals surface area contributed by atoms with Crippen LogP contribution < -0.4 is 9.74 Å². The summed E-state index contributed by atoms with van der Waals surface area (Å²) in [5.41, 5.74) is 2.09. The first-order chi connectivity index (χ1) is 15.6. The van der Waals surface area contributed by atoms with Gasteiger partial charge in [-0.05, 0) is 41.7 Å². The molecule has 8 heteroatoms. The summed E-state index contributed by atoms with van der Waals surface area (Å²) in [5, 5.41) is 3.57. The summed E-state index contributed by atoms with van der Waals surface area (Å²) in [6.45, 7) is 15.0. The Morgan fingerprint density at radius 3 is 2.36 bits per heavy atom. The Morgan fingerprint density at radius 1 is 1.12 bits per heavy atom. The Morgan fingerprint density at radius 2 is 1.79 bits per heavy atom. The minimum atomic E-state index is -2.21. The Labute approximate surface area is 195 Å². The Kier molecular flexibility index (Phi) is 7.47. The number of hydrogen-bond acceptors (Lipinski definition) is 6. The number of benzene rings is 1. The van der Waals surface area contributed by atoms with E-state index < -0.39 is 20.1 Å². The minimum Gasteiger partial charge on any atom is -0.543 e. The number of anilines is 2. The smallest absolute Gasteiger partial charge is 0.376 e. The van der Waals surface area contributed by atoms with Crippen molar-refractivity contribution in [3.05, 3.63) is 48.2 Å². The lowest BCUT2D eigenvalue weighted by Gasteiger charge is -2.42. The number of hydrogen-bond donors (Lipinski definition) is 1. The first kappa shape index (κ1) is 24.8. The molecule has 1 aromatic carbocycles. The van der Waals surface area contributed by atoms with Crippen molar-refractivity contribution in [2.75, 3.05) is 11.9 Å². The van der Waals surface area contributed by atoms with E-state index in [2.05, 4.69) is 51.8 Å². The summed E-state index contributed by atoms with van der Waals surface area (Å²) in [6.07, 6.45) is 3.12. The van der Waals surface area contributed by atoms with Gasteiger partial charge in [-0.2, -0.15) is 0 Å². The zero-order valence-electron chi connectivity index (χ0n) is 20.4. The van der Waals surface area contributed by atoms with Gasteiger partial charge in [-0.25, -0.2) is 9.18 Å². The standard InChI is InChI=1S/C25H33FN2O4Si/c1-8-30-25(29)24-23(19-14-27-12-11-22(19)31-24)28-21-10-9-18(13-20(21)26)32-33(15(2)3,16(4)5)17(6)7/h9-17,28H,8H2,1-7H3. The first-order valence-corrected chi connectivity index (χ1v) is 13.5. The molecule has 1 N–H and O–H groups in total. The highest BCUT2D eigenvalue weighted by Crippen LogP contribution is 2.43. The summed E-state index contributed by atoms with van der Waals surface area (Å²) in [5.74, 6) is -0.617. The average Bonchev–Trinajstić information content (AvgIpc) is 3.12. The molecule has 0 fully saturated rings. The lowest BCUT2D eigenvalue weighted by molar-refractivity contribution is 0.0494. The predicted molar refractivity (Wildman–Crippen MR) is 131 cm³/mol. The molecular formula is C25H33FN2O4Si. The van der Waals surface area contributed by atoms with E-state index in [0.29, 0.717) is 39.0 Å². The van der Waals surface area contributed by atoms with Crippen molar-refractivity contribution in [2.24, 2.45) is 0 Å². The molecule has 2 heterocycles. The number of ether oxygens (including phenoxy) is 1. The van der Waals surface area contributed by atoms with Crippen LogP contribution in [-0.2, 0) is 4.74 Å². The third-order valence-electron chi connectivity index (χ3n) is 6.15. The Bertz CT molecular complexity index is 1110. The molecule has 0 aliphatic rings. The summed E-state index contributed by atoms with van der Waals surface area (Å²) < 4.78 is 32.6. The molecule has 0 spiro atoms. The minimum absolute atomic E-state index is 0.0228. The maximum Gasteiger partial charge on any atom is 0.376 e. The molecule has 0 radical (unpaired) electrons. The summed E-state index contributed by atoms with van der Waals surface area (Å²) >= 11 is 0. The second-order valence-corrected chi connectivity index (χ2v) is 14.5. The number of fused-ring (bicyclic) bond motifs is 1. The van der Waals surface area contributed by atoms with E-state index in [1.54, 1.807) is 37.5 Å². The number of pyridine rings is 1. The maximum atomic E-state index is 15.2. The van der Waals surface area contributed by atoms with Crippen LogP contribution in [0, 0.1) is 5.82 Å². The maximum absolute atomic E-state index is 15.2. The molecule has 33 heavy (non-hydrogen) atoms. The number of halogens is 1. The van der Waals surface area contributed by atoms with Gasteiger partial charge in [0, 0.05) is 18.5 Å². The number of carbonyl (C=O) groups is 1. The van der Waals surface area contributed by atoms with Crippen LogP contribution in [-0.4, -0.2) is 25.9 Å². The lowest BCUT2D eigenvalue weighted by atomic mass is 10.2. The van der Waals surface area contributed by atoms with Crippen molar-refractivity contribution in [3.8, 4) is 5.75 Å². The normalized spacial score (nSPS) is 12.1. The molecule has 6 nitrogen and oxygen atoms in total. The fourth-order valence-corrected chi connectivity index (χ4v) is 10.0. The molecule has 178 valence electrons. The molecular weight excluding hydrogens is 439 g/mol. The number of furan rings is 1. The van der Waals surface area contributed by atoms with E-state index >= 15 is 4.39 Å². The van der Waals surface area contributed by atoms with E-state index in [9.17, 15) is 4.79 Å². The molecule has 3 aromatic rings. The monoisotopic (exact) mass is 472 g/mol. The van der Waals surface area contributed by atoms with Crippen LogP contribution in [0.5, 0.6) is 5.75 Å². The molecule has 0 aliphatic heterocycles. The molecule has 0 saturated carbocycles. The van der Waals surface area contributed by atoms with Crippen LogP contribution in [0.15, 0.2) is 41.1 Å². The van der Waals surface area contributed by atoms with E-state index in [0.717, 1.165) is 0 Å². The average molecular weight is 473 g/mol. The highest BCUT2D eigenvalue weighted by molar-refractivity contribution is 6.78. The number of nitrogens with one attached hydrogen (secondary N) is 1. The molecule has 0 unspecified atom stereocenters. The van der Waals surface area contributed by atoms with Gasteiger partial charge in [0.2, 0.25) is 5.76 Å². The van der Waals surface area contributed by atoms with Crippen LogP contribution in [0.3, 0.4) is 0 Å². The Hall–Kier alpha value is -2.87. The highest BCUT2D eigenvalue weighted by atomic mass is 28.4. The van der Waals surface area contributed by atoms with Crippen LogP contribution in [0.4, 0.5) is 15.8 Å². The van der Waals surface area contributed by atoms with Gasteiger partial charge >= 0.3 is 5.97 Å². The molecule has 0 aliphatic carbocycles. The summed E-state index contributed by atoms with van der Waals surface area (Å²) in [4.78, 5) is 16.5. The van der Waals surface area contributed by atoms with Crippen molar-refractivity contribution in [3.63, 3.8) is 0 Å². The highest BCUT2D eigenvalue weighted by Gasteiger charge is 2.47. The number of nitrogens with zero attached hydrogens (tertiary/aromatic N) is 1. The van der Waals surface area contributed by atoms with Crippen LogP contribution in [0.25, 0.3) is 11.0 Å². The quantitative estimate of drug-likeness (QED) is 0.258. The number of carbonyl (C=O) groups excluding carboxylic acids is 1. The summed E-state index contributed by atoms with van der Waals surface area (Å²) in [7, 11) is -2.21. The van der Waals surface area contributed by atoms with Crippen molar-refractivity contribution >= 4 is 36.6 Å². The van der Waals surface area contributed by atoms with Crippen molar-refractivity contribution in [2.45, 2.75) is 65.1 Å². The van der Waals surface area contributed by atoms with E-state index in [4.69, 9.17) is 13.6 Å². The van der Waals surface area contributed by atoms with Crippen molar-refractivity contribution in [1.82, 2.24) is 4.98 Å². The van der Waals surface area contributed by atoms with E-state index in [1.165, 1.54) is 6.07 Å². The zero-order chi connectivity index (χ0) is 24.3. The van der Waals surface area contributed by atoms with Gasteiger partial charge in [-0.3, -0.25) is 4.98 Å². The summed E-state index contributed by atoms with van der Waals surface area (Å²) in [6, 6.07) is 6.44. The number of aromatic nitrogens is 1. The van der Waals surface area contributed by atoms with Gasteiger partial charge in [0.15, 0.2) is 0 Å². The topological polar surface area (TPSA) is 73.6 Å². The van der Waals surface area contributed by atoms with Gasteiger partial charge in [0.25, 0.3) is 8.32 Å². The predicted octanol–water partition coefficient (Wildman–Crippen LogP) is 7.44. The molecule has 0 atom stereocenters. The third kappa shape index (κ3) is 4.76. The van der Waals surface area contributed by atoms with E-state index in [1.807, 2.05) is 0 Å². The Balaban J connectivity index is 1.97. The first-order valence-electron chi connectivity index (χ1n) is 11.4. The number of rotatable bonds is 9. The lowest BCUT2D eigenvalue weighted by Crippen LogP contribution is -2.50. The van der Waals surface area contributed by atoms with Gasteiger partial charge in [-0.1, -0.05) is 41.5 Å². The van der Waals surface area contributed by atoms with Gasteiger partial charge in [0.05, 0.1) is 17.7 Å². The molecule has 3 rings (SSSR count). The van der Waals surface area contributed by atoms with Crippen molar-refractivity contribution in [1.29, 1.82) is 0 Å². The van der Waals surface area contributed by atoms with Gasteiger partial charge < -0.3 is 18.9 Å². The largest absolute Gasteiger partial charge is 0.543 e. The molecule has 0 amide bonds.